The zero-order valence-electron chi connectivity index (χ0n) is 10.1. The van der Waals surface area contributed by atoms with Crippen molar-refractivity contribution in [2.75, 3.05) is 13.1 Å². The van der Waals surface area contributed by atoms with Crippen molar-refractivity contribution in [2.24, 2.45) is 0 Å². The zero-order chi connectivity index (χ0) is 10.8. The molecule has 1 aliphatic rings. The van der Waals surface area contributed by atoms with Crippen LogP contribution >= 0.6 is 0 Å². The molecule has 0 aromatic heterocycles. The van der Waals surface area contributed by atoms with Crippen molar-refractivity contribution in [3.05, 3.63) is 23.8 Å². The number of hydrogen-bond donors (Lipinski definition) is 1. The van der Waals surface area contributed by atoms with E-state index in [1.165, 1.54) is 38.5 Å². The van der Waals surface area contributed by atoms with Crippen molar-refractivity contribution in [2.45, 2.75) is 51.9 Å². The fourth-order valence-electron chi connectivity index (χ4n) is 1.91. The van der Waals surface area contributed by atoms with Crippen LogP contribution in [0.4, 0.5) is 0 Å². The Kier molecular flexibility index (Phi) is 7.28. The summed E-state index contributed by atoms with van der Waals surface area (Å²) >= 11 is 0. The van der Waals surface area contributed by atoms with Crippen molar-refractivity contribution in [3.8, 4) is 0 Å². The smallest absolute Gasteiger partial charge is 0.00142 e. The third-order valence-corrected chi connectivity index (χ3v) is 2.82. The molecule has 0 aromatic carbocycles. The summed E-state index contributed by atoms with van der Waals surface area (Å²) < 4.78 is 0. The lowest BCUT2D eigenvalue weighted by atomic mass is 10.1. The molecule has 0 aliphatic heterocycles. The summed E-state index contributed by atoms with van der Waals surface area (Å²) in [6, 6.07) is 0. The molecule has 1 rings (SSSR count). The lowest BCUT2D eigenvalue weighted by Crippen LogP contribution is -2.14. The van der Waals surface area contributed by atoms with E-state index in [-0.39, 0.29) is 0 Å². The molecule has 15 heavy (non-hydrogen) atoms. The second-order valence-electron chi connectivity index (χ2n) is 4.32. The van der Waals surface area contributed by atoms with Crippen LogP contribution in [0.3, 0.4) is 0 Å². The molecule has 1 nitrogen and oxygen atoms in total. The molecule has 0 unspecified atom stereocenters. The van der Waals surface area contributed by atoms with Gasteiger partial charge in [-0.15, -0.1) is 0 Å². The SMILES string of the molecule is CCCNCC/C=C/C1=CCCCCC1. The highest BCUT2D eigenvalue weighted by molar-refractivity contribution is 5.19. The van der Waals surface area contributed by atoms with Crippen molar-refractivity contribution < 1.29 is 0 Å². The Bertz CT molecular complexity index is 203. The summed E-state index contributed by atoms with van der Waals surface area (Å²) in [5.74, 6) is 0. The van der Waals surface area contributed by atoms with Crippen molar-refractivity contribution in [1.29, 1.82) is 0 Å². The van der Waals surface area contributed by atoms with Gasteiger partial charge in [-0.2, -0.15) is 0 Å². The maximum Gasteiger partial charge on any atom is -0.00142 e. The van der Waals surface area contributed by atoms with Crippen LogP contribution in [-0.4, -0.2) is 13.1 Å². The molecular formula is C14H25N. The molecule has 0 radical (unpaired) electrons. The molecule has 0 heterocycles. The second kappa shape index (κ2) is 8.72. The molecule has 0 spiro atoms. The van der Waals surface area contributed by atoms with Gasteiger partial charge in [0.2, 0.25) is 0 Å². The number of allylic oxidation sites excluding steroid dienone is 3. The first kappa shape index (κ1) is 12.5. The van der Waals surface area contributed by atoms with Crippen LogP contribution in [0.15, 0.2) is 23.8 Å². The van der Waals surface area contributed by atoms with Crippen LogP contribution in [0.2, 0.25) is 0 Å². The number of hydrogen-bond acceptors (Lipinski definition) is 1. The lowest BCUT2D eigenvalue weighted by molar-refractivity contribution is 0.678. The molecule has 0 saturated carbocycles. The van der Waals surface area contributed by atoms with Crippen LogP contribution in [0.1, 0.15) is 51.9 Å². The fraction of sp³-hybridized carbons (Fsp3) is 0.714. The fourth-order valence-corrected chi connectivity index (χ4v) is 1.91. The quantitative estimate of drug-likeness (QED) is 0.653. The largest absolute Gasteiger partial charge is 0.316 e. The Balaban J connectivity index is 2.10. The maximum atomic E-state index is 3.41. The molecule has 0 atom stereocenters. The van der Waals surface area contributed by atoms with Gasteiger partial charge in [0.1, 0.15) is 0 Å². The summed E-state index contributed by atoms with van der Waals surface area (Å²) in [5.41, 5.74) is 1.56. The molecule has 0 saturated heterocycles. The van der Waals surface area contributed by atoms with Gasteiger partial charge < -0.3 is 5.32 Å². The van der Waals surface area contributed by atoms with Crippen LogP contribution < -0.4 is 5.32 Å². The monoisotopic (exact) mass is 207 g/mol. The maximum absolute atomic E-state index is 3.41. The number of nitrogens with one attached hydrogen (secondary N) is 1. The van der Waals surface area contributed by atoms with Crippen molar-refractivity contribution >= 4 is 0 Å². The highest BCUT2D eigenvalue weighted by atomic mass is 14.8. The molecule has 86 valence electrons. The van der Waals surface area contributed by atoms with E-state index in [9.17, 15) is 0 Å². The predicted octanol–water partition coefficient (Wildman–Crippen LogP) is 3.82. The highest BCUT2D eigenvalue weighted by Crippen LogP contribution is 2.17. The topological polar surface area (TPSA) is 12.0 Å². The Morgan fingerprint density at radius 1 is 1.27 bits per heavy atom. The Morgan fingerprint density at radius 3 is 3.07 bits per heavy atom. The van der Waals surface area contributed by atoms with Gasteiger partial charge in [-0.1, -0.05) is 37.1 Å². The average molecular weight is 207 g/mol. The van der Waals surface area contributed by atoms with Gasteiger partial charge in [0, 0.05) is 0 Å². The minimum Gasteiger partial charge on any atom is -0.316 e. The van der Waals surface area contributed by atoms with Gasteiger partial charge >= 0.3 is 0 Å². The second-order valence-corrected chi connectivity index (χ2v) is 4.32. The normalized spacial score (nSPS) is 17.8. The summed E-state index contributed by atoms with van der Waals surface area (Å²) in [6.07, 6.45) is 16.2. The molecule has 1 N–H and O–H groups in total. The highest BCUT2D eigenvalue weighted by Gasteiger charge is 1.98. The van der Waals surface area contributed by atoms with E-state index in [1.54, 1.807) is 5.57 Å². The minimum absolute atomic E-state index is 1.12. The van der Waals surface area contributed by atoms with Crippen molar-refractivity contribution in [1.82, 2.24) is 5.32 Å². The van der Waals surface area contributed by atoms with E-state index in [1.807, 2.05) is 0 Å². The van der Waals surface area contributed by atoms with E-state index in [2.05, 4.69) is 30.5 Å². The predicted molar refractivity (Wildman–Crippen MR) is 68.1 cm³/mol. The third-order valence-electron chi connectivity index (χ3n) is 2.82. The van der Waals surface area contributed by atoms with Gasteiger partial charge in [-0.3, -0.25) is 0 Å². The van der Waals surface area contributed by atoms with Crippen molar-refractivity contribution in [3.63, 3.8) is 0 Å². The van der Waals surface area contributed by atoms with E-state index in [0.29, 0.717) is 0 Å². The average Bonchev–Trinajstić information content (AvgIpc) is 2.52. The minimum atomic E-state index is 1.12. The standard InChI is InChI=1S/C14H25N/c1-2-12-15-13-8-7-11-14-9-5-3-4-6-10-14/h7,9,11,15H,2-6,8,10,12-13H2,1H3/b11-7+. The number of rotatable bonds is 6. The third kappa shape index (κ3) is 6.51. The molecule has 1 aliphatic carbocycles. The first-order chi connectivity index (χ1) is 7.43. The van der Waals surface area contributed by atoms with E-state index in [0.717, 1.165) is 19.5 Å². The zero-order valence-corrected chi connectivity index (χ0v) is 10.1. The van der Waals surface area contributed by atoms with E-state index >= 15 is 0 Å². The van der Waals surface area contributed by atoms with Crippen LogP contribution in [0.25, 0.3) is 0 Å². The summed E-state index contributed by atoms with van der Waals surface area (Å²) in [6.45, 7) is 4.48. The van der Waals surface area contributed by atoms with Crippen LogP contribution in [0, 0.1) is 0 Å². The summed E-state index contributed by atoms with van der Waals surface area (Å²) in [7, 11) is 0. The summed E-state index contributed by atoms with van der Waals surface area (Å²) in [5, 5.41) is 3.41. The molecule has 0 bridgehead atoms. The molecule has 0 fully saturated rings. The molecule has 1 heteroatoms. The Hall–Kier alpha value is -0.560. The molecular weight excluding hydrogens is 182 g/mol. The van der Waals surface area contributed by atoms with Gasteiger partial charge in [-0.25, -0.2) is 0 Å². The first-order valence-corrected chi connectivity index (χ1v) is 6.49. The van der Waals surface area contributed by atoms with Crippen LogP contribution in [0.5, 0.6) is 0 Å². The Labute approximate surface area is 94.6 Å². The van der Waals surface area contributed by atoms with Crippen LogP contribution in [-0.2, 0) is 0 Å². The van der Waals surface area contributed by atoms with Gasteiger partial charge in [0.25, 0.3) is 0 Å². The van der Waals surface area contributed by atoms with Gasteiger partial charge in [0.05, 0.1) is 0 Å². The summed E-state index contributed by atoms with van der Waals surface area (Å²) in [4.78, 5) is 0. The lowest BCUT2D eigenvalue weighted by Gasteiger charge is -1.99. The first-order valence-electron chi connectivity index (χ1n) is 6.49. The van der Waals surface area contributed by atoms with E-state index in [4.69, 9.17) is 0 Å². The van der Waals surface area contributed by atoms with Gasteiger partial charge in [0.15, 0.2) is 0 Å². The molecule has 0 aromatic rings. The molecule has 0 amide bonds. The van der Waals surface area contributed by atoms with Gasteiger partial charge in [-0.05, 0) is 51.6 Å². The Morgan fingerprint density at radius 2 is 2.20 bits per heavy atom. The van der Waals surface area contributed by atoms with E-state index < -0.39 is 0 Å².